The summed E-state index contributed by atoms with van der Waals surface area (Å²) in [5.74, 6) is -6.35. The number of cyclic esters (lactones) is 1. The molecule has 3 heterocycles. The van der Waals surface area contributed by atoms with E-state index in [1.54, 1.807) is 0 Å². The highest BCUT2D eigenvalue weighted by Crippen LogP contribution is 2.25. The third kappa shape index (κ3) is 10.7. The number of ether oxygens (including phenoxy) is 1. The third-order valence-electron chi connectivity index (χ3n) is 11.3. The van der Waals surface area contributed by atoms with Gasteiger partial charge >= 0.3 is 5.97 Å². The van der Waals surface area contributed by atoms with Crippen molar-refractivity contribution < 1.29 is 47.1 Å². The number of likely N-dealkylation sites (N-methyl/N-ethyl adjacent to an activating group) is 1. The maximum atomic E-state index is 14.3. The van der Waals surface area contributed by atoms with Crippen LogP contribution in [0.25, 0.3) is 0 Å². The van der Waals surface area contributed by atoms with Crippen molar-refractivity contribution in [3.63, 3.8) is 0 Å². The number of allylic oxidation sites excluding steroid dienone is 1. The molecule has 0 aromatic heterocycles. The molecule has 0 bridgehead atoms. The number of halogens is 2. The molecule has 1 saturated carbocycles. The van der Waals surface area contributed by atoms with E-state index in [2.05, 4.69) is 16.0 Å². The summed E-state index contributed by atoms with van der Waals surface area (Å²) in [6, 6.07) is -4.30. The molecule has 14 nitrogen and oxygen atoms in total. The van der Waals surface area contributed by atoms with Crippen molar-refractivity contribution in [2.75, 3.05) is 26.7 Å². The molecule has 4 aliphatic rings. The lowest BCUT2D eigenvalue weighted by molar-refractivity contribution is -0.158. The number of nitrogens with zero attached hydrogens (tertiary/aromatic N) is 3. The first-order chi connectivity index (χ1) is 26.7. The molecule has 1 aromatic rings. The van der Waals surface area contributed by atoms with E-state index in [9.17, 15) is 42.3 Å². The SMILES string of the molecule is C[C@@H]1NC(=O)[C@H](C)N(C)C(=O)[C@@H]2CCCN2C(=O)[C@@H](NC(=O)[C@H](Cc2cc(F)cc(F)c2)NC(=O)/C=C/C2CCCCCCC2)COC(=O)[C@@H]2CCCN2C1=O. The smallest absolute Gasteiger partial charge is 0.328 e. The summed E-state index contributed by atoms with van der Waals surface area (Å²) in [5.41, 5.74) is 0.0642. The van der Waals surface area contributed by atoms with Crippen LogP contribution in [0.5, 0.6) is 0 Å². The minimum atomic E-state index is -1.56. The van der Waals surface area contributed by atoms with Crippen molar-refractivity contribution in [1.82, 2.24) is 30.7 Å². The highest BCUT2D eigenvalue weighted by atomic mass is 19.1. The molecule has 4 fully saturated rings. The second kappa shape index (κ2) is 19.3. The highest BCUT2D eigenvalue weighted by Gasteiger charge is 2.43. The number of hydrogen-bond acceptors (Lipinski definition) is 8. The first-order valence-corrected chi connectivity index (χ1v) is 19.8. The molecule has 0 spiro atoms. The fourth-order valence-electron chi connectivity index (χ4n) is 8.02. The van der Waals surface area contributed by atoms with Gasteiger partial charge in [0, 0.05) is 32.6 Å². The van der Waals surface area contributed by atoms with Gasteiger partial charge in [0.05, 0.1) is 0 Å². The van der Waals surface area contributed by atoms with Gasteiger partial charge in [-0.05, 0) is 82.1 Å². The van der Waals surface area contributed by atoms with E-state index in [0.717, 1.165) is 50.7 Å². The van der Waals surface area contributed by atoms with E-state index in [1.807, 2.05) is 6.08 Å². The number of hydrogen-bond donors (Lipinski definition) is 3. The minimum absolute atomic E-state index is 0.0642. The van der Waals surface area contributed by atoms with Gasteiger partial charge in [0.1, 0.15) is 54.5 Å². The second-order valence-corrected chi connectivity index (χ2v) is 15.4. The molecule has 5 rings (SSSR count). The fraction of sp³-hybridized carbons (Fsp3) is 0.625. The van der Waals surface area contributed by atoms with Gasteiger partial charge in [-0.15, -0.1) is 0 Å². The number of amides is 6. The number of carbonyl (C=O) groups excluding carboxylic acids is 7. The number of carbonyl (C=O) groups is 7. The normalized spacial score (nSPS) is 26.9. The van der Waals surface area contributed by atoms with Gasteiger partial charge in [-0.3, -0.25) is 28.8 Å². The van der Waals surface area contributed by atoms with Crippen LogP contribution in [0, 0.1) is 17.6 Å². The molecule has 3 aliphatic heterocycles. The van der Waals surface area contributed by atoms with Crippen LogP contribution in [-0.2, 0) is 44.7 Å². The lowest BCUT2D eigenvalue weighted by atomic mass is 9.91. The van der Waals surface area contributed by atoms with Crippen molar-refractivity contribution in [2.24, 2.45) is 5.92 Å². The number of nitrogens with one attached hydrogen (secondary N) is 3. The lowest BCUT2D eigenvalue weighted by Gasteiger charge is -2.34. The predicted molar refractivity (Wildman–Crippen MR) is 199 cm³/mol. The quantitative estimate of drug-likeness (QED) is 0.279. The van der Waals surface area contributed by atoms with Crippen molar-refractivity contribution in [3.05, 3.63) is 47.5 Å². The Morgan fingerprint density at radius 2 is 1.45 bits per heavy atom. The van der Waals surface area contributed by atoms with Crippen LogP contribution >= 0.6 is 0 Å². The number of esters is 1. The van der Waals surface area contributed by atoms with E-state index < -0.39 is 95.9 Å². The lowest BCUT2D eigenvalue weighted by Crippen LogP contribution is -2.60. The molecule has 0 radical (unpaired) electrons. The zero-order chi connectivity index (χ0) is 40.5. The maximum absolute atomic E-state index is 14.3. The van der Waals surface area contributed by atoms with Crippen LogP contribution in [0.2, 0.25) is 0 Å². The number of fused-ring (bicyclic) bond motifs is 2. The number of rotatable bonds is 7. The molecule has 1 aromatic carbocycles. The first kappa shape index (κ1) is 42.3. The third-order valence-corrected chi connectivity index (χ3v) is 11.3. The molecule has 6 amide bonds. The van der Waals surface area contributed by atoms with Crippen LogP contribution in [0.1, 0.15) is 90.0 Å². The Bertz CT molecular complexity index is 1660. The maximum Gasteiger partial charge on any atom is 0.328 e. The van der Waals surface area contributed by atoms with Gasteiger partial charge in [-0.25, -0.2) is 13.6 Å². The Labute approximate surface area is 326 Å². The molecule has 3 N–H and O–H groups in total. The van der Waals surface area contributed by atoms with E-state index in [-0.39, 0.29) is 43.8 Å². The van der Waals surface area contributed by atoms with Crippen LogP contribution in [-0.4, -0.2) is 119 Å². The molecular weight excluding hydrogens is 730 g/mol. The molecule has 1 aliphatic carbocycles. The standard InChI is InChI=1S/C40H54F2N6O8/c1-24-37(52)48-18-10-14-33(48)40(55)56-23-31(38(53)47-17-9-13-32(47)39(54)46(3)25(2)35(50)43-24)45-36(51)30(21-27-19-28(41)22-29(42)20-27)44-34(49)16-15-26-11-7-5-4-6-8-12-26/h15-16,19-20,22,24-26,30-33H,4-14,17-18,21,23H2,1-3H3,(H,43,50)(H,44,49)(H,45,51)/b16-15+/t24-,25-,30-,31-,32-,33-/m0/s1. The van der Waals surface area contributed by atoms with E-state index >= 15 is 0 Å². The first-order valence-electron chi connectivity index (χ1n) is 19.8. The predicted octanol–water partition coefficient (Wildman–Crippen LogP) is 2.28. The summed E-state index contributed by atoms with van der Waals surface area (Å²) < 4.78 is 34.1. The monoisotopic (exact) mass is 784 g/mol. The second-order valence-electron chi connectivity index (χ2n) is 15.4. The topological polar surface area (TPSA) is 175 Å². The molecule has 0 unspecified atom stereocenters. The Kier molecular flexibility index (Phi) is 14.6. The Hall–Kier alpha value is -4.89. The van der Waals surface area contributed by atoms with Gasteiger partial charge in [-0.2, -0.15) is 0 Å². The van der Waals surface area contributed by atoms with Crippen LogP contribution in [0.15, 0.2) is 30.4 Å². The van der Waals surface area contributed by atoms with Crippen LogP contribution in [0.3, 0.4) is 0 Å². The minimum Gasteiger partial charge on any atom is -0.461 e. The van der Waals surface area contributed by atoms with Gasteiger partial charge < -0.3 is 35.4 Å². The van der Waals surface area contributed by atoms with Gasteiger partial charge in [0.2, 0.25) is 35.4 Å². The van der Waals surface area contributed by atoms with Gasteiger partial charge in [0.25, 0.3) is 0 Å². The largest absolute Gasteiger partial charge is 0.461 e. The van der Waals surface area contributed by atoms with Crippen molar-refractivity contribution in [3.8, 4) is 0 Å². The zero-order valence-corrected chi connectivity index (χ0v) is 32.4. The van der Waals surface area contributed by atoms with Crippen LogP contribution in [0.4, 0.5) is 8.78 Å². The molecule has 306 valence electrons. The zero-order valence-electron chi connectivity index (χ0n) is 32.4. The summed E-state index contributed by atoms with van der Waals surface area (Å²) in [4.78, 5) is 99.4. The molecule has 6 atom stereocenters. The van der Waals surface area contributed by atoms with Crippen molar-refractivity contribution >= 4 is 41.4 Å². The Morgan fingerprint density at radius 3 is 2.11 bits per heavy atom. The fourth-order valence-corrected chi connectivity index (χ4v) is 8.02. The van der Waals surface area contributed by atoms with Gasteiger partial charge in [0.15, 0.2) is 0 Å². The summed E-state index contributed by atoms with van der Waals surface area (Å²) >= 11 is 0. The molecule has 56 heavy (non-hydrogen) atoms. The highest BCUT2D eigenvalue weighted by molar-refractivity contribution is 5.98. The molecular formula is C40H54F2N6O8. The average molecular weight is 785 g/mol. The summed E-state index contributed by atoms with van der Waals surface area (Å²) in [7, 11) is 1.43. The van der Waals surface area contributed by atoms with Gasteiger partial charge in [-0.1, -0.05) is 38.2 Å². The molecule has 3 saturated heterocycles. The van der Waals surface area contributed by atoms with Crippen molar-refractivity contribution in [1.29, 1.82) is 0 Å². The van der Waals surface area contributed by atoms with E-state index in [1.165, 1.54) is 48.1 Å². The molecule has 16 heteroatoms. The Morgan fingerprint density at radius 1 is 0.839 bits per heavy atom. The summed E-state index contributed by atoms with van der Waals surface area (Å²) in [5, 5.41) is 7.86. The van der Waals surface area contributed by atoms with Crippen LogP contribution < -0.4 is 16.0 Å². The summed E-state index contributed by atoms with van der Waals surface area (Å²) in [6.45, 7) is 2.66. The van der Waals surface area contributed by atoms with E-state index in [0.29, 0.717) is 18.9 Å². The Balaban J connectivity index is 1.43. The van der Waals surface area contributed by atoms with E-state index in [4.69, 9.17) is 4.74 Å². The average Bonchev–Trinajstić information content (AvgIpc) is 3.84. The number of benzene rings is 1. The van der Waals surface area contributed by atoms with Crippen molar-refractivity contribution in [2.45, 2.75) is 127 Å². The summed E-state index contributed by atoms with van der Waals surface area (Å²) in [6.07, 6.45) is 11.6.